The summed E-state index contributed by atoms with van der Waals surface area (Å²) in [5.41, 5.74) is -0.758. The normalized spacial score (nSPS) is 11.1. The number of hydrogen-bond acceptors (Lipinski definition) is 5. The Morgan fingerprint density at radius 2 is 2.10 bits per heavy atom. The van der Waals surface area contributed by atoms with Gasteiger partial charge in [-0.05, 0) is 18.4 Å². The minimum atomic E-state index is -0.379. The highest BCUT2D eigenvalue weighted by molar-refractivity contribution is 7.16. The van der Waals surface area contributed by atoms with Gasteiger partial charge in [0.1, 0.15) is 9.98 Å². The van der Waals surface area contributed by atoms with Gasteiger partial charge in [-0.3, -0.25) is 9.36 Å². The summed E-state index contributed by atoms with van der Waals surface area (Å²) in [6.07, 6.45) is 1.48. The van der Waals surface area contributed by atoms with E-state index in [2.05, 4.69) is 9.97 Å². The second kappa shape index (κ2) is 5.42. The number of fused-ring (bicyclic) bond motifs is 1. The van der Waals surface area contributed by atoms with E-state index in [-0.39, 0.29) is 17.8 Å². The lowest BCUT2D eigenvalue weighted by atomic mass is 10.4. The van der Waals surface area contributed by atoms with Crippen LogP contribution >= 0.6 is 22.9 Å². The highest BCUT2D eigenvalue weighted by atomic mass is 35.5. The molecule has 0 spiro atoms. The molecule has 6 nitrogen and oxygen atoms in total. The lowest BCUT2D eigenvalue weighted by Gasteiger charge is -2.07. The Balaban J connectivity index is 2.10. The van der Waals surface area contributed by atoms with E-state index in [4.69, 9.17) is 11.6 Å². The van der Waals surface area contributed by atoms with E-state index < -0.39 is 0 Å². The molecule has 3 rings (SSSR count). The van der Waals surface area contributed by atoms with E-state index in [1.807, 2.05) is 18.4 Å². The van der Waals surface area contributed by atoms with Gasteiger partial charge in [0, 0.05) is 24.2 Å². The fourth-order valence-corrected chi connectivity index (χ4v) is 3.10. The van der Waals surface area contributed by atoms with Gasteiger partial charge in [0.15, 0.2) is 5.82 Å². The summed E-state index contributed by atoms with van der Waals surface area (Å²) >= 11 is 7.53. The predicted octanol–water partition coefficient (Wildman–Crippen LogP) is 1.74. The molecule has 0 aliphatic carbocycles. The summed E-state index contributed by atoms with van der Waals surface area (Å²) in [7, 11) is 0. The van der Waals surface area contributed by atoms with Crippen LogP contribution in [0.3, 0.4) is 0 Å². The highest BCUT2D eigenvalue weighted by Gasteiger charge is 2.10. The maximum Gasteiger partial charge on any atom is 0.331 e. The third-order valence-electron chi connectivity index (χ3n) is 3.10. The van der Waals surface area contributed by atoms with Gasteiger partial charge in [-0.2, -0.15) is 0 Å². The number of thiophene rings is 1. The van der Waals surface area contributed by atoms with Gasteiger partial charge in [-0.1, -0.05) is 11.6 Å². The van der Waals surface area contributed by atoms with Gasteiger partial charge >= 0.3 is 5.69 Å². The van der Waals surface area contributed by atoms with Crippen LogP contribution in [-0.4, -0.2) is 19.1 Å². The van der Waals surface area contributed by atoms with Crippen LogP contribution < -0.4 is 11.2 Å². The Kier molecular flexibility index (Phi) is 3.60. The molecule has 0 unspecified atom stereocenters. The van der Waals surface area contributed by atoms with Gasteiger partial charge in [0.25, 0.3) is 5.56 Å². The Bertz CT molecular complexity index is 928. The van der Waals surface area contributed by atoms with Crippen molar-refractivity contribution in [2.45, 2.75) is 20.0 Å². The lowest BCUT2D eigenvalue weighted by molar-refractivity contribution is 0.588. The Morgan fingerprint density at radius 3 is 2.86 bits per heavy atom. The van der Waals surface area contributed by atoms with Crippen molar-refractivity contribution >= 4 is 33.2 Å². The van der Waals surface area contributed by atoms with Crippen molar-refractivity contribution in [3.8, 4) is 0 Å². The summed E-state index contributed by atoms with van der Waals surface area (Å²) in [6, 6.07) is 3.20. The second-order valence-corrected chi connectivity index (χ2v) is 5.63. The summed E-state index contributed by atoms with van der Waals surface area (Å²) in [6.45, 7) is 2.33. The number of hydrogen-bond donors (Lipinski definition) is 0. The van der Waals surface area contributed by atoms with Gasteiger partial charge in [-0.25, -0.2) is 14.8 Å². The maximum absolute atomic E-state index is 12.2. The third-order valence-corrected chi connectivity index (χ3v) is 4.20. The molecule has 0 aliphatic rings. The molecule has 0 radical (unpaired) electrons. The van der Waals surface area contributed by atoms with Crippen molar-refractivity contribution in [1.29, 1.82) is 0 Å². The first-order chi connectivity index (χ1) is 10.1. The molecule has 0 saturated carbocycles. The fourth-order valence-electron chi connectivity index (χ4n) is 2.02. The molecular weight excluding hydrogens is 312 g/mol. The Morgan fingerprint density at radius 1 is 1.29 bits per heavy atom. The first kappa shape index (κ1) is 14.0. The van der Waals surface area contributed by atoms with E-state index in [0.717, 1.165) is 14.8 Å². The monoisotopic (exact) mass is 322 g/mol. The molecule has 0 aliphatic heterocycles. The van der Waals surface area contributed by atoms with Crippen LogP contribution in [0.5, 0.6) is 0 Å². The van der Waals surface area contributed by atoms with E-state index in [9.17, 15) is 9.59 Å². The van der Waals surface area contributed by atoms with Crippen molar-refractivity contribution in [3.05, 3.63) is 55.5 Å². The van der Waals surface area contributed by atoms with Crippen molar-refractivity contribution in [2.24, 2.45) is 0 Å². The average molecular weight is 323 g/mol. The van der Waals surface area contributed by atoms with Crippen molar-refractivity contribution < 1.29 is 0 Å². The molecule has 3 aromatic heterocycles. The molecular formula is C13H11ClN4O2S. The number of aryl methyl sites for hydroxylation is 1. The second-order valence-electron chi connectivity index (χ2n) is 4.38. The molecule has 3 aromatic rings. The molecule has 21 heavy (non-hydrogen) atoms. The smallest absolute Gasteiger partial charge is 0.301 e. The zero-order valence-electron chi connectivity index (χ0n) is 11.1. The maximum atomic E-state index is 12.2. The van der Waals surface area contributed by atoms with Gasteiger partial charge in [0.05, 0.1) is 6.54 Å². The van der Waals surface area contributed by atoms with Crippen LogP contribution in [0, 0.1) is 0 Å². The quantitative estimate of drug-likeness (QED) is 0.689. The SMILES string of the molecule is CCn1ccc(=O)n(Cc2nc(Cl)c3ccsc3n2)c1=O. The fraction of sp³-hybridized carbons (Fsp3) is 0.231. The van der Waals surface area contributed by atoms with Crippen LogP contribution in [0.1, 0.15) is 12.7 Å². The Hall–Kier alpha value is -1.99. The molecule has 0 fully saturated rings. The van der Waals surface area contributed by atoms with Crippen LogP contribution in [0.4, 0.5) is 0 Å². The summed E-state index contributed by atoms with van der Waals surface area (Å²) in [5, 5.41) is 2.97. The molecule has 8 heteroatoms. The summed E-state index contributed by atoms with van der Waals surface area (Å²) < 4.78 is 2.56. The average Bonchev–Trinajstić information content (AvgIpc) is 2.92. The molecule has 0 N–H and O–H groups in total. The molecule has 0 atom stereocenters. The predicted molar refractivity (Wildman–Crippen MR) is 82.2 cm³/mol. The molecule has 0 saturated heterocycles. The summed E-state index contributed by atoms with van der Waals surface area (Å²) in [5.74, 6) is 0.350. The van der Waals surface area contributed by atoms with Crippen LogP contribution in [0.2, 0.25) is 5.15 Å². The number of rotatable bonds is 3. The zero-order valence-corrected chi connectivity index (χ0v) is 12.7. The molecule has 3 heterocycles. The van der Waals surface area contributed by atoms with Crippen molar-refractivity contribution in [1.82, 2.24) is 19.1 Å². The van der Waals surface area contributed by atoms with Crippen LogP contribution in [-0.2, 0) is 13.1 Å². The molecule has 108 valence electrons. The number of nitrogens with zero attached hydrogens (tertiary/aromatic N) is 4. The standard InChI is InChI=1S/C13H11ClN4O2S/c1-2-17-5-3-10(19)18(13(17)20)7-9-15-11(14)8-4-6-21-12(8)16-9/h3-6H,2,7H2,1H3. The topological polar surface area (TPSA) is 69.8 Å². The zero-order chi connectivity index (χ0) is 15.0. The van der Waals surface area contributed by atoms with Crippen LogP contribution in [0.15, 0.2) is 33.3 Å². The summed E-state index contributed by atoms with van der Waals surface area (Å²) in [4.78, 5) is 33.3. The van der Waals surface area contributed by atoms with Gasteiger partial charge < -0.3 is 4.57 Å². The molecule has 0 aromatic carbocycles. The lowest BCUT2D eigenvalue weighted by Crippen LogP contribution is -2.39. The van der Waals surface area contributed by atoms with E-state index >= 15 is 0 Å². The van der Waals surface area contributed by atoms with Gasteiger partial charge in [0.2, 0.25) is 0 Å². The Labute approximate surface area is 128 Å². The molecule has 0 amide bonds. The largest absolute Gasteiger partial charge is 0.331 e. The van der Waals surface area contributed by atoms with E-state index in [1.54, 1.807) is 0 Å². The first-order valence-electron chi connectivity index (χ1n) is 6.30. The van der Waals surface area contributed by atoms with Crippen LogP contribution in [0.25, 0.3) is 10.2 Å². The first-order valence-corrected chi connectivity index (χ1v) is 7.56. The highest BCUT2D eigenvalue weighted by Crippen LogP contribution is 2.24. The van der Waals surface area contributed by atoms with Gasteiger partial charge in [-0.15, -0.1) is 11.3 Å². The number of halogens is 1. The minimum absolute atomic E-state index is 0.00602. The van der Waals surface area contributed by atoms with E-state index in [0.29, 0.717) is 17.5 Å². The van der Waals surface area contributed by atoms with E-state index in [1.165, 1.54) is 28.2 Å². The number of aromatic nitrogens is 4. The van der Waals surface area contributed by atoms with Crippen molar-refractivity contribution in [3.63, 3.8) is 0 Å². The molecule has 0 bridgehead atoms. The third kappa shape index (κ3) is 2.50. The minimum Gasteiger partial charge on any atom is -0.301 e. The van der Waals surface area contributed by atoms with Crippen molar-refractivity contribution in [2.75, 3.05) is 0 Å².